The fraction of sp³-hybridized carbons (Fsp3) is 0.286. The molecular weight excluding hydrogens is 272 g/mol. The molecule has 1 heterocycles. The number of rotatable bonds is 5. The number of hydrogen-bond acceptors (Lipinski definition) is 5. The lowest BCUT2D eigenvalue weighted by atomic mass is 10.1. The summed E-state index contributed by atoms with van der Waals surface area (Å²) >= 11 is 1.57. The van der Waals surface area contributed by atoms with Crippen LogP contribution in [0.15, 0.2) is 29.1 Å². The highest BCUT2D eigenvalue weighted by molar-refractivity contribution is 7.07. The highest BCUT2D eigenvalue weighted by atomic mass is 32.1. The van der Waals surface area contributed by atoms with Crippen LogP contribution in [-0.2, 0) is 6.54 Å². The van der Waals surface area contributed by atoms with Gasteiger partial charge in [-0.3, -0.25) is 4.79 Å². The number of nitrogens with zero attached hydrogens (tertiary/aromatic N) is 2. The van der Waals surface area contributed by atoms with Crippen LogP contribution in [-0.4, -0.2) is 24.5 Å². The Labute approximate surface area is 122 Å². The monoisotopic (exact) mass is 290 g/mol. The van der Waals surface area contributed by atoms with Gasteiger partial charge >= 0.3 is 0 Å². The van der Waals surface area contributed by atoms with E-state index < -0.39 is 0 Å². The van der Waals surface area contributed by atoms with E-state index in [4.69, 9.17) is 5.73 Å². The largest absolute Gasteiger partial charge is 0.397 e. The summed E-state index contributed by atoms with van der Waals surface area (Å²) in [5.41, 5.74) is 10.9. The van der Waals surface area contributed by atoms with Crippen molar-refractivity contribution in [3.05, 3.63) is 40.3 Å². The molecule has 2 rings (SSSR count). The molecule has 0 saturated heterocycles. The minimum Gasteiger partial charge on any atom is -0.397 e. The molecule has 0 radical (unpaired) electrons. The van der Waals surface area contributed by atoms with Crippen molar-refractivity contribution in [3.8, 4) is 0 Å². The minimum absolute atomic E-state index is 0.104. The first-order chi connectivity index (χ1) is 9.61. The predicted octanol–water partition coefficient (Wildman–Crippen LogP) is 2.11. The van der Waals surface area contributed by atoms with Gasteiger partial charge in [0, 0.05) is 24.5 Å². The molecule has 0 fully saturated rings. The summed E-state index contributed by atoms with van der Waals surface area (Å²) < 4.78 is 0. The van der Waals surface area contributed by atoms with Crippen molar-refractivity contribution in [2.45, 2.75) is 13.5 Å². The second-order valence-electron chi connectivity index (χ2n) is 4.47. The summed E-state index contributed by atoms with van der Waals surface area (Å²) in [6.07, 6.45) is 0. The van der Waals surface area contributed by atoms with E-state index in [1.807, 2.05) is 35.8 Å². The number of nitrogen functional groups attached to an aromatic ring is 1. The zero-order valence-corrected chi connectivity index (χ0v) is 12.4. The second-order valence-corrected chi connectivity index (χ2v) is 5.19. The molecule has 0 aliphatic rings. The zero-order chi connectivity index (χ0) is 14.5. The van der Waals surface area contributed by atoms with Crippen molar-refractivity contribution >= 4 is 28.6 Å². The molecule has 3 N–H and O–H groups in total. The van der Waals surface area contributed by atoms with Gasteiger partial charge in [0.15, 0.2) is 0 Å². The van der Waals surface area contributed by atoms with Gasteiger partial charge in [-0.15, -0.1) is 11.3 Å². The number of nitrogens with one attached hydrogen (secondary N) is 1. The van der Waals surface area contributed by atoms with E-state index in [2.05, 4.69) is 10.3 Å². The molecule has 20 heavy (non-hydrogen) atoms. The molecule has 6 heteroatoms. The maximum absolute atomic E-state index is 11.7. The third-order valence-electron chi connectivity index (χ3n) is 2.92. The Morgan fingerprint density at radius 2 is 2.30 bits per heavy atom. The van der Waals surface area contributed by atoms with Crippen molar-refractivity contribution in [2.75, 3.05) is 24.2 Å². The van der Waals surface area contributed by atoms with Gasteiger partial charge in [0.1, 0.15) is 0 Å². The number of aromatic nitrogens is 1. The predicted molar refractivity (Wildman–Crippen MR) is 83.1 cm³/mol. The van der Waals surface area contributed by atoms with Gasteiger partial charge in [0.25, 0.3) is 5.91 Å². The van der Waals surface area contributed by atoms with E-state index in [-0.39, 0.29) is 5.91 Å². The Morgan fingerprint density at radius 1 is 1.50 bits per heavy atom. The Kier molecular flexibility index (Phi) is 4.57. The van der Waals surface area contributed by atoms with Crippen LogP contribution in [0.5, 0.6) is 0 Å². The zero-order valence-electron chi connectivity index (χ0n) is 11.6. The van der Waals surface area contributed by atoms with Crippen LogP contribution < -0.4 is 16.0 Å². The van der Waals surface area contributed by atoms with Gasteiger partial charge in [-0.1, -0.05) is 0 Å². The number of benzene rings is 1. The smallest absolute Gasteiger partial charge is 0.251 e. The highest BCUT2D eigenvalue weighted by Crippen LogP contribution is 2.24. The van der Waals surface area contributed by atoms with Gasteiger partial charge < -0.3 is 16.0 Å². The lowest BCUT2D eigenvalue weighted by molar-refractivity contribution is 0.0956. The standard InChI is InChI=1S/C14H18N4OS/c1-3-16-14(19)10-4-5-13(12(15)6-10)18(2)7-11-8-20-9-17-11/h4-6,8-9H,3,7,15H2,1-2H3,(H,16,19). The Morgan fingerprint density at radius 3 is 2.90 bits per heavy atom. The molecule has 1 aromatic heterocycles. The highest BCUT2D eigenvalue weighted by Gasteiger charge is 2.11. The van der Waals surface area contributed by atoms with Crippen LogP contribution in [0.4, 0.5) is 11.4 Å². The van der Waals surface area contributed by atoms with Crippen molar-refractivity contribution in [1.29, 1.82) is 0 Å². The van der Waals surface area contributed by atoms with E-state index in [0.29, 0.717) is 24.3 Å². The summed E-state index contributed by atoms with van der Waals surface area (Å²) in [5.74, 6) is -0.104. The van der Waals surface area contributed by atoms with Gasteiger partial charge in [-0.25, -0.2) is 4.98 Å². The third kappa shape index (κ3) is 3.27. The molecule has 0 aliphatic carbocycles. The van der Waals surface area contributed by atoms with Crippen molar-refractivity contribution in [3.63, 3.8) is 0 Å². The molecular formula is C14H18N4OS. The Bertz CT molecular complexity index is 583. The van der Waals surface area contributed by atoms with E-state index in [1.54, 1.807) is 23.5 Å². The molecule has 0 unspecified atom stereocenters. The molecule has 1 aromatic carbocycles. The summed E-state index contributed by atoms with van der Waals surface area (Å²) in [7, 11) is 1.96. The number of carbonyl (C=O) groups is 1. The maximum Gasteiger partial charge on any atom is 0.251 e. The molecule has 1 amide bonds. The molecule has 0 saturated carbocycles. The van der Waals surface area contributed by atoms with E-state index >= 15 is 0 Å². The van der Waals surface area contributed by atoms with Crippen LogP contribution in [0.2, 0.25) is 0 Å². The molecule has 5 nitrogen and oxygen atoms in total. The van der Waals surface area contributed by atoms with Crippen LogP contribution in [0, 0.1) is 0 Å². The Hall–Kier alpha value is -2.08. The van der Waals surface area contributed by atoms with Crippen LogP contribution in [0.3, 0.4) is 0 Å². The van der Waals surface area contributed by atoms with E-state index in [1.165, 1.54) is 0 Å². The van der Waals surface area contributed by atoms with E-state index in [9.17, 15) is 4.79 Å². The maximum atomic E-state index is 11.7. The fourth-order valence-electron chi connectivity index (χ4n) is 1.95. The quantitative estimate of drug-likeness (QED) is 0.827. The molecule has 0 aliphatic heterocycles. The summed E-state index contributed by atoms with van der Waals surface area (Å²) in [5, 5.41) is 4.77. The summed E-state index contributed by atoms with van der Waals surface area (Å²) in [6.45, 7) is 3.18. The van der Waals surface area contributed by atoms with Crippen LogP contribution in [0.25, 0.3) is 0 Å². The van der Waals surface area contributed by atoms with Gasteiger partial charge in [0.2, 0.25) is 0 Å². The molecule has 0 atom stereocenters. The number of nitrogens with two attached hydrogens (primary N) is 1. The topological polar surface area (TPSA) is 71.2 Å². The molecule has 0 bridgehead atoms. The van der Waals surface area contributed by atoms with E-state index in [0.717, 1.165) is 11.4 Å². The summed E-state index contributed by atoms with van der Waals surface area (Å²) in [6, 6.07) is 5.36. The normalized spacial score (nSPS) is 10.3. The number of hydrogen-bond donors (Lipinski definition) is 2. The first kappa shape index (κ1) is 14.3. The number of carbonyl (C=O) groups excluding carboxylic acids is 1. The first-order valence-electron chi connectivity index (χ1n) is 6.37. The first-order valence-corrected chi connectivity index (χ1v) is 7.32. The van der Waals surface area contributed by atoms with Crippen LogP contribution in [0.1, 0.15) is 23.0 Å². The number of amides is 1. The SMILES string of the molecule is CCNC(=O)c1ccc(N(C)Cc2cscn2)c(N)c1. The minimum atomic E-state index is -0.104. The van der Waals surface area contributed by atoms with Gasteiger partial charge in [-0.2, -0.15) is 0 Å². The van der Waals surface area contributed by atoms with Crippen molar-refractivity contribution in [2.24, 2.45) is 0 Å². The number of thiazole rings is 1. The van der Waals surface area contributed by atoms with Crippen LogP contribution >= 0.6 is 11.3 Å². The summed E-state index contributed by atoms with van der Waals surface area (Å²) in [4.78, 5) is 18.0. The van der Waals surface area contributed by atoms with Crippen molar-refractivity contribution < 1.29 is 4.79 Å². The third-order valence-corrected chi connectivity index (χ3v) is 3.56. The fourth-order valence-corrected chi connectivity index (χ4v) is 2.50. The lowest BCUT2D eigenvalue weighted by Crippen LogP contribution is -2.23. The Balaban J connectivity index is 2.14. The lowest BCUT2D eigenvalue weighted by Gasteiger charge is -2.20. The number of anilines is 2. The molecule has 106 valence electrons. The second kappa shape index (κ2) is 6.38. The average molecular weight is 290 g/mol. The average Bonchev–Trinajstić information content (AvgIpc) is 2.91. The van der Waals surface area contributed by atoms with Crippen molar-refractivity contribution in [1.82, 2.24) is 10.3 Å². The molecule has 2 aromatic rings. The molecule has 0 spiro atoms. The van der Waals surface area contributed by atoms with Gasteiger partial charge in [0.05, 0.1) is 29.1 Å². The van der Waals surface area contributed by atoms with Gasteiger partial charge in [-0.05, 0) is 25.1 Å².